The lowest BCUT2D eigenvalue weighted by Crippen LogP contribution is -2.46. The van der Waals surface area contributed by atoms with E-state index in [-0.39, 0.29) is 17.3 Å². The number of hydrogen-bond acceptors (Lipinski definition) is 11. The summed E-state index contributed by atoms with van der Waals surface area (Å²) >= 11 is 0. The molecule has 0 aliphatic carbocycles. The minimum atomic E-state index is -0.492. The van der Waals surface area contributed by atoms with Gasteiger partial charge >= 0.3 is 0 Å². The number of nitrogens with one attached hydrogen (secondary N) is 1. The fourth-order valence-electron chi connectivity index (χ4n) is 3.58. The van der Waals surface area contributed by atoms with Crippen LogP contribution in [0.2, 0.25) is 0 Å². The highest BCUT2D eigenvalue weighted by Crippen LogP contribution is 2.18. The van der Waals surface area contributed by atoms with Crippen molar-refractivity contribution in [2.45, 2.75) is 20.4 Å². The number of carbonyl (C=O) groups excluding carboxylic acids is 1. The van der Waals surface area contributed by atoms with E-state index in [2.05, 4.69) is 47.9 Å². The van der Waals surface area contributed by atoms with Crippen LogP contribution in [0.25, 0.3) is 5.82 Å². The van der Waals surface area contributed by atoms with Gasteiger partial charge in [-0.2, -0.15) is 9.78 Å². The van der Waals surface area contributed by atoms with Gasteiger partial charge in [0.15, 0.2) is 5.69 Å². The highest BCUT2D eigenvalue weighted by molar-refractivity contribution is 6.00. The van der Waals surface area contributed by atoms with Gasteiger partial charge in [-0.25, -0.2) is 10.1 Å². The molecule has 13 nitrogen and oxygen atoms in total. The van der Waals surface area contributed by atoms with Crippen molar-refractivity contribution in [2.75, 3.05) is 44.2 Å². The second kappa shape index (κ2) is 9.75. The lowest BCUT2D eigenvalue weighted by Gasteiger charge is -2.33. The molecule has 3 aromatic rings. The molecule has 4 rings (SSSR count). The number of hydrogen-bond donors (Lipinski definition) is 3. The lowest BCUT2D eigenvalue weighted by molar-refractivity contribution is 0.0944. The molecule has 1 aliphatic heterocycles. The van der Waals surface area contributed by atoms with E-state index in [1.54, 1.807) is 19.1 Å². The molecule has 2 aromatic heterocycles. The van der Waals surface area contributed by atoms with Crippen LogP contribution in [0, 0.1) is 0 Å². The first-order valence-corrected chi connectivity index (χ1v) is 10.6. The summed E-state index contributed by atoms with van der Waals surface area (Å²) in [6.07, 6.45) is 0. The second-order valence-corrected chi connectivity index (χ2v) is 7.74. The highest BCUT2D eigenvalue weighted by Gasteiger charge is 2.27. The number of rotatable bonds is 7. The number of likely N-dealkylation sites (N-methyl/N-ethyl adjacent to an activating group) is 1. The van der Waals surface area contributed by atoms with Gasteiger partial charge in [-0.15, -0.1) is 5.10 Å². The number of anilines is 2. The van der Waals surface area contributed by atoms with Crippen molar-refractivity contribution in [1.82, 2.24) is 40.5 Å². The number of amides is 1. The van der Waals surface area contributed by atoms with Gasteiger partial charge < -0.3 is 16.4 Å². The smallest absolute Gasteiger partial charge is 0.293 e. The predicted octanol–water partition coefficient (Wildman–Crippen LogP) is 0.106. The lowest BCUT2D eigenvalue weighted by atomic mass is 10.1. The maximum absolute atomic E-state index is 13.0. The first kappa shape index (κ1) is 22.4. The Morgan fingerprint density at radius 1 is 1.12 bits per heavy atom. The Hall–Kier alpha value is -3.84. The first-order chi connectivity index (χ1) is 16.0. The van der Waals surface area contributed by atoms with Gasteiger partial charge in [-0.1, -0.05) is 24.3 Å². The summed E-state index contributed by atoms with van der Waals surface area (Å²) in [7, 11) is 0. The van der Waals surface area contributed by atoms with Crippen molar-refractivity contribution in [2.24, 2.45) is 5.10 Å². The molecule has 0 unspecified atom stereocenters. The van der Waals surface area contributed by atoms with Crippen LogP contribution in [0.15, 0.2) is 34.0 Å². The van der Waals surface area contributed by atoms with Gasteiger partial charge in [0.1, 0.15) is 0 Å². The molecule has 3 heterocycles. The van der Waals surface area contributed by atoms with E-state index in [0.717, 1.165) is 38.3 Å². The Morgan fingerprint density at radius 3 is 2.45 bits per heavy atom. The van der Waals surface area contributed by atoms with E-state index < -0.39 is 5.91 Å². The van der Waals surface area contributed by atoms with Gasteiger partial charge in [0.05, 0.1) is 11.4 Å². The summed E-state index contributed by atoms with van der Waals surface area (Å²) in [5, 5.41) is 19.8. The van der Waals surface area contributed by atoms with Gasteiger partial charge in [0.25, 0.3) is 5.91 Å². The van der Waals surface area contributed by atoms with Crippen molar-refractivity contribution in [3.05, 3.63) is 41.2 Å². The van der Waals surface area contributed by atoms with Crippen LogP contribution < -0.4 is 16.9 Å². The number of nitrogens with zero attached hydrogens (tertiary/aromatic N) is 8. The molecule has 1 saturated heterocycles. The number of carbonyl (C=O) groups is 1. The third kappa shape index (κ3) is 4.99. The summed E-state index contributed by atoms with van der Waals surface area (Å²) in [5.41, 5.74) is 16.9. The minimum absolute atomic E-state index is 0.0566. The molecule has 0 spiro atoms. The van der Waals surface area contributed by atoms with E-state index in [4.69, 9.17) is 16.1 Å². The zero-order valence-electron chi connectivity index (χ0n) is 18.6. The number of aromatic nitrogens is 5. The Balaban J connectivity index is 1.57. The molecular weight excluding hydrogens is 426 g/mol. The molecule has 0 radical (unpaired) electrons. The molecule has 5 N–H and O–H groups in total. The Kier molecular flexibility index (Phi) is 6.60. The molecule has 33 heavy (non-hydrogen) atoms. The average Bonchev–Trinajstić information content (AvgIpc) is 3.43. The summed E-state index contributed by atoms with van der Waals surface area (Å²) in [4.78, 5) is 17.6. The molecule has 13 heteroatoms. The molecule has 0 atom stereocenters. The van der Waals surface area contributed by atoms with Crippen LogP contribution in [0.5, 0.6) is 0 Å². The number of hydrazone groups is 1. The van der Waals surface area contributed by atoms with Crippen LogP contribution in [0.3, 0.4) is 0 Å². The standard InChI is InChI=1S/C20H27N11O2/c1-3-29-8-10-30(11-9-29)12-16-17(24-28-31(16)19-18(22)26-33-27-19)20(32)25-23-13(2)14-4-6-15(21)7-5-14/h4-7H,3,8-12,21H2,1-2H3,(H2,22,26)(H,25,32)/b23-13+. The molecule has 1 aliphatic rings. The zero-order chi connectivity index (χ0) is 23.4. The van der Waals surface area contributed by atoms with Gasteiger partial charge in [0, 0.05) is 38.4 Å². The number of nitrogen functional groups attached to an aromatic ring is 2. The van der Waals surface area contributed by atoms with Crippen LogP contribution in [0.4, 0.5) is 11.5 Å². The van der Waals surface area contributed by atoms with E-state index in [1.165, 1.54) is 4.68 Å². The molecule has 1 aromatic carbocycles. The van der Waals surface area contributed by atoms with E-state index in [1.807, 2.05) is 12.1 Å². The third-order valence-electron chi connectivity index (χ3n) is 5.61. The fraction of sp³-hybridized carbons (Fsp3) is 0.400. The van der Waals surface area contributed by atoms with Crippen LogP contribution in [0.1, 0.15) is 35.6 Å². The van der Waals surface area contributed by atoms with Crippen molar-refractivity contribution >= 4 is 23.1 Å². The van der Waals surface area contributed by atoms with Crippen molar-refractivity contribution < 1.29 is 9.42 Å². The summed E-state index contributed by atoms with van der Waals surface area (Å²) in [6, 6.07) is 7.21. The molecular formula is C20H27N11O2. The second-order valence-electron chi connectivity index (χ2n) is 7.74. The molecule has 0 saturated carbocycles. The number of nitrogens with two attached hydrogens (primary N) is 2. The molecule has 1 fully saturated rings. The van der Waals surface area contributed by atoms with Crippen LogP contribution in [-0.2, 0) is 6.54 Å². The fourth-order valence-corrected chi connectivity index (χ4v) is 3.58. The summed E-state index contributed by atoms with van der Waals surface area (Å²) < 4.78 is 6.11. The van der Waals surface area contributed by atoms with Gasteiger partial charge in [-0.05, 0) is 41.5 Å². The summed E-state index contributed by atoms with van der Waals surface area (Å²) in [6.45, 7) is 8.95. The normalized spacial score (nSPS) is 15.6. The topological polar surface area (TPSA) is 170 Å². The van der Waals surface area contributed by atoms with Crippen molar-refractivity contribution in [1.29, 1.82) is 0 Å². The maximum Gasteiger partial charge on any atom is 0.293 e. The van der Waals surface area contributed by atoms with Gasteiger partial charge in [0.2, 0.25) is 11.6 Å². The minimum Gasteiger partial charge on any atom is -0.399 e. The number of piperazine rings is 1. The monoisotopic (exact) mass is 453 g/mol. The molecule has 1 amide bonds. The average molecular weight is 454 g/mol. The highest BCUT2D eigenvalue weighted by atomic mass is 16.6. The quantitative estimate of drug-likeness (QED) is 0.253. The molecule has 0 bridgehead atoms. The Morgan fingerprint density at radius 2 is 1.82 bits per heavy atom. The Labute approximate surface area is 190 Å². The maximum atomic E-state index is 13.0. The third-order valence-corrected chi connectivity index (χ3v) is 5.61. The zero-order valence-corrected chi connectivity index (χ0v) is 18.6. The number of benzene rings is 1. The summed E-state index contributed by atoms with van der Waals surface area (Å²) in [5.74, 6) is -0.250. The van der Waals surface area contributed by atoms with E-state index in [0.29, 0.717) is 23.6 Å². The molecule has 174 valence electrons. The van der Waals surface area contributed by atoms with Crippen molar-refractivity contribution in [3.8, 4) is 5.82 Å². The van der Waals surface area contributed by atoms with Crippen molar-refractivity contribution in [3.63, 3.8) is 0 Å². The Bertz CT molecular complexity index is 1130. The van der Waals surface area contributed by atoms with Crippen LogP contribution >= 0.6 is 0 Å². The van der Waals surface area contributed by atoms with E-state index >= 15 is 0 Å². The predicted molar refractivity (Wildman–Crippen MR) is 122 cm³/mol. The largest absolute Gasteiger partial charge is 0.399 e. The SMILES string of the molecule is CCN1CCN(Cc2c(C(=O)N/N=C(\C)c3ccc(N)cc3)nnn2-c2nonc2N)CC1. The van der Waals surface area contributed by atoms with Crippen LogP contribution in [-0.4, -0.2) is 79.4 Å². The van der Waals surface area contributed by atoms with Gasteiger partial charge in [-0.3, -0.25) is 9.69 Å². The van der Waals surface area contributed by atoms with E-state index in [9.17, 15) is 4.79 Å². The first-order valence-electron chi connectivity index (χ1n) is 10.6.